The fourth-order valence-corrected chi connectivity index (χ4v) is 7.64. The van der Waals surface area contributed by atoms with E-state index >= 15 is 0 Å². The van der Waals surface area contributed by atoms with E-state index in [0.29, 0.717) is 0 Å². The predicted octanol–water partition coefficient (Wildman–Crippen LogP) is 3.00. The van der Waals surface area contributed by atoms with Gasteiger partial charge in [-0.1, -0.05) is 25.7 Å². The molecule has 0 spiro atoms. The fourth-order valence-electron chi connectivity index (χ4n) is 4.41. The summed E-state index contributed by atoms with van der Waals surface area (Å²) < 4.78 is 55.9. The molecule has 0 heterocycles. The monoisotopic (exact) mass is 412 g/mol. The molecule has 8 heteroatoms. The molecule has 0 aromatic heterocycles. The second kappa shape index (κ2) is 7.46. The van der Waals surface area contributed by atoms with Crippen molar-refractivity contribution in [3.05, 3.63) is 24.3 Å². The van der Waals surface area contributed by atoms with Crippen LogP contribution in [-0.4, -0.2) is 39.3 Å². The summed E-state index contributed by atoms with van der Waals surface area (Å²) in [5.74, 6) is 0. The maximum absolute atomic E-state index is 13.4. The van der Waals surface area contributed by atoms with Gasteiger partial charge in [-0.05, 0) is 62.8 Å². The molecule has 0 radical (unpaired) electrons. The third-order valence-corrected chi connectivity index (χ3v) is 9.53. The average molecular weight is 413 g/mol. The number of nitrogens with one attached hydrogen (secondary N) is 1. The van der Waals surface area contributed by atoms with Crippen LogP contribution in [0.25, 0.3) is 0 Å². The van der Waals surface area contributed by atoms with Crippen molar-refractivity contribution in [2.75, 3.05) is 0 Å². The molecule has 1 N–H and O–H groups in total. The molecule has 0 saturated heterocycles. The van der Waals surface area contributed by atoms with Crippen LogP contribution in [0.3, 0.4) is 0 Å². The Balaban J connectivity index is 1.61. The first-order chi connectivity index (χ1) is 12.9. The van der Waals surface area contributed by atoms with E-state index in [-0.39, 0.29) is 27.9 Å². The van der Waals surface area contributed by atoms with Gasteiger partial charge in [-0.25, -0.2) is 21.6 Å². The van der Waals surface area contributed by atoms with E-state index in [2.05, 4.69) is 4.72 Å². The van der Waals surface area contributed by atoms with Crippen molar-refractivity contribution in [3.8, 4) is 0 Å². The zero-order valence-corrected chi connectivity index (χ0v) is 17.1. The lowest BCUT2D eigenvalue weighted by Crippen LogP contribution is -2.45. The summed E-state index contributed by atoms with van der Waals surface area (Å²) in [7, 11) is -7.19. The Morgan fingerprint density at radius 1 is 0.704 bits per heavy atom. The third-order valence-electron chi connectivity index (χ3n) is 5.98. The Hall–Kier alpha value is -0.960. The molecule has 6 nitrogen and oxygen atoms in total. The minimum atomic E-state index is -3.62. The molecule has 27 heavy (non-hydrogen) atoms. The van der Waals surface area contributed by atoms with E-state index in [1.165, 1.54) is 24.3 Å². The van der Waals surface area contributed by atoms with Crippen molar-refractivity contribution in [1.82, 2.24) is 9.03 Å². The van der Waals surface area contributed by atoms with Crippen molar-refractivity contribution < 1.29 is 16.8 Å². The Kier molecular flexibility index (Phi) is 5.35. The maximum Gasteiger partial charge on any atom is 0.243 e. The topological polar surface area (TPSA) is 83.5 Å². The predicted molar refractivity (Wildman–Crippen MR) is 103 cm³/mol. The molecule has 1 aromatic rings. The van der Waals surface area contributed by atoms with Gasteiger partial charge in [0.1, 0.15) is 0 Å². The number of hydrogen-bond acceptors (Lipinski definition) is 4. The fraction of sp³-hybridized carbons (Fsp3) is 0.684. The maximum atomic E-state index is 13.4. The Labute approximate surface area is 162 Å². The summed E-state index contributed by atoms with van der Waals surface area (Å²) in [5.41, 5.74) is 0. The summed E-state index contributed by atoms with van der Waals surface area (Å²) in [6.45, 7) is 0. The van der Waals surface area contributed by atoms with Gasteiger partial charge >= 0.3 is 0 Å². The van der Waals surface area contributed by atoms with Gasteiger partial charge in [0.2, 0.25) is 20.0 Å². The smallest absolute Gasteiger partial charge is 0.208 e. The van der Waals surface area contributed by atoms with Crippen LogP contribution >= 0.6 is 0 Å². The Morgan fingerprint density at radius 3 is 1.59 bits per heavy atom. The number of rotatable bonds is 7. The molecule has 3 saturated carbocycles. The molecule has 4 rings (SSSR count). The molecular formula is C19H28N2O4S2. The second-order valence-corrected chi connectivity index (χ2v) is 11.6. The molecule has 0 bridgehead atoms. The summed E-state index contributed by atoms with van der Waals surface area (Å²) >= 11 is 0. The van der Waals surface area contributed by atoms with Gasteiger partial charge in [-0.2, -0.15) is 4.31 Å². The molecule has 0 aliphatic heterocycles. The van der Waals surface area contributed by atoms with E-state index in [4.69, 9.17) is 0 Å². The first-order valence-electron chi connectivity index (χ1n) is 10.0. The van der Waals surface area contributed by atoms with Crippen LogP contribution in [-0.2, 0) is 20.0 Å². The quantitative estimate of drug-likeness (QED) is 0.746. The first-order valence-corrected chi connectivity index (χ1v) is 13.0. The van der Waals surface area contributed by atoms with Gasteiger partial charge in [0.25, 0.3) is 0 Å². The standard InChI is InChI=1S/C19H28N2O4S2/c22-26(23,20-15-9-10-15)18-11-13-19(14-12-18)27(24,25)21(16-5-1-2-6-16)17-7-3-4-8-17/h11-17,20H,1-10H2. The number of hydrogen-bond donors (Lipinski definition) is 1. The van der Waals surface area contributed by atoms with Crippen LogP contribution in [0.2, 0.25) is 0 Å². The third kappa shape index (κ3) is 4.09. The zero-order chi connectivity index (χ0) is 19.1. The number of benzene rings is 1. The molecular weight excluding hydrogens is 384 g/mol. The van der Waals surface area contributed by atoms with Crippen LogP contribution in [0.1, 0.15) is 64.2 Å². The molecule has 150 valence electrons. The Morgan fingerprint density at radius 2 is 1.15 bits per heavy atom. The second-order valence-electron chi connectivity index (χ2n) is 8.08. The van der Waals surface area contributed by atoms with E-state index in [9.17, 15) is 16.8 Å². The van der Waals surface area contributed by atoms with Gasteiger partial charge in [-0.15, -0.1) is 0 Å². The van der Waals surface area contributed by atoms with E-state index in [0.717, 1.165) is 64.2 Å². The number of sulfonamides is 2. The lowest BCUT2D eigenvalue weighted by Gasteiger charge is -2.33. The van der Waals surface area contributed by atoms with Crippen molar-refractivity contribution in [2.24, 2.45) is 0 Å². The largest absolute Gasteiger partial charge is 0.243 e. The lowest BCUT2D eigenvalue weighted by molar-refractivity contribution is 0.252. The Bertz CT molecular complexity index is 849. The SMILES string of the molecule is O=S(=O)(NC1CC1)c1ccc(S(=O)(=O)N(C2CCCC2)C2CCCC2)cc1. The molecule has 1 aromatic carbocycles. The minimum Gasteiger partial charge on any atom is -0.208 e. The molecule has 0 unspecified atom stereocenters. The van der Waals surface area contributed by atoms with Crippen molar-refractivity contribution in [1.29, 1.82) is 0 Å². The lowest BCUT2D eigenvalue weighted by atomic mass is 10.2. The molecule has 3 aliphatic carbocycles. The highest BCUT2D eigenvalue weighted by molar-refractivity contribution is 7.89. The van der Waals surface area contributed by atoms with Crippen LogP contribution in [0, 0.1) is 0 Å². The molecule has 0 atom stereocenters. The summed E-state index contributed by atoms with van der Waals surface area (Å²) in [6.07, 6.45) is 9.73. The van der Waals surface area contributed by atoms with Crippen molar-refractivity contribution >= 4 is 20.0 Å². The van der Waals surface area contributed by atoms with Crippen LogP contribution in [0.15, 0.2) is 34.1 Å². The van der Waals surface area contributed by atoms with Crippen LogP contribution in [0.4, 0.5) is 0 Å². The molecule has 3 aliphatic rings. The first kappa shape index (κ1) is 19.4. The normalized spacial score (nSPS) is 22.7. The average Bonchev–Trinajstić information content (AvgIpc) is 3.09. The van der Waals surface area contributed by atoms with Gasteiger partial charge in [0.05, 0.1) is 9.79 Å². The summed E-state index contributed by atoms with van der Waals surface area (Å²) in [4.78, 5) is 0.327. The van der Waals surface area contributed by atoms with Crippen molar-refractivity contribution in [3.63, 3.8) is 0 Å². The summed E-state index contributed by atoms with van der Waals surface area (Å²) in [5, 5.41) is 0. The minimum absolute atomic E-state index is 0.0265. The van der Waals surface area contributed by atoms with Gasteiger partial charge in [0, 0.05) is 18.1 Å². The highest BCUT2D eigenvalue weighted by Gasteiger charge is 2.39. The van der Waals surface area contributed by atoms with E-state index in [1.807, 2.05) is 0 Å². The highest BCUT2D eigenvalue weighted by Crippen LogP contribution is 2.36. The van der Waals surface area contributed by atoms with Gasteiger partial charge < -0.3 is 0 Å². The van der Waals surface area contributed by atoms with Gasteiger partial charge in [0.15, 0.2) is 0 Å². The zero-order valence-electron chi connectivity index (χ0n) is 15.5. The van der Waals surface area contributed by atoms with E-state index < -0.39 is 20.0 Å². The van der Waals surface area contributed by atoms with Gasteiger partial charge in [-0.3, -0.25) is 0 Å². The summed E-state index contributed by atoms with van der Waals surface area (Å²) in [6, 6.07) is 5.93. The molecule has 0 amide bonds. The van der Waals surface area contributed by atoms with Crippen molar-refractivity contribution in [2.45, 2.75) is 92.1 Å². The molecule has 3 fully saturated rings. The highest BCUT2D eigenvalue weighted by atomic mass is 32.2. The van der Waals surface area contributed by atoms with Crippen LogP contribution in [0.5, 0.6) is 0 Å². The number of nitrogens with zero attached hydrogens (tertiary/aromatic N) is 1. The van der Waals surface area contributed by atoms with Crippen LogP contribution < -0.4 is 4.72 Å². The van der Waals surface area contributed by atoms with E-state index in [1.54, 1.807) is 4.31 Å².